The van der Waals surface area contributed by atoms with Gasteiger partial charge >= 0.3 is 0 Å². The average molecular weight is 406 g/mol. The van der Waals surface area contributed by atoms with E-state index in [4.69, 9.17) is 4.52 Å². The Morgan fingerprint density at radius 3 is 2.70 bits per heavy atom. The van der Waals surface area contributed by atoms with E-state index in [1.54, 1.807) is 6.07 Å². The lowest BCUT2D eigenvalue weighted by atomic mass is 10.0. The van der Waals surface area contributed by atoms with Gasteiger partial charge in [-0.25, -0.2) is 18.7 Å². The molecule has 1 amide bonds. The third kappa shape index (κ3) is 3.93. The molecule has 0 saturated carbocycles. The summed E-state index contributed by atoms with van der Waals surface area (Å²) in [5.41, 5.74) is 2.61. The highest BCUT2D eigenvalue weighted by molar-refractivity contribution is 5.97. The van der Waals surface area contributed by atoms with Gasteiger partial charge in [0.25, 0.3) is 0 Å². The fourth-order valence-corrected chi connectivity index (χ4v) is 3.07. The maximum absolute atomic E-state index is 14.4. The number of aromatic nitrogens is 3. The predicted octanol–water partition coefficient (Wildman–Crippen LogP) is 4.57. The molecule has 0 atom stereocenters. The van der Waals surface area contributed by atoms with Gasteiger partial charge in [-0.2, -0.15) is 0 Å². The van der Waals surface area contributed by atoms with E-state index in [0.717, 1.165) is 23.3 Å². The van der Waals surface area contributed by atoms with Crippen LogP contribution in [0.5, 0.6) is 0 Å². The van der Waals surface area contributed by atoms with Gasteiger partial charge in [-0.05, 0) is 36.2 Å². The van der Waals surface area contributed by atoms with Gasteiger partial charge in [-0.15, -0.1) is 0 Å². The van der Waals surface area contributed by atoms with Gasteiger partial charge in [0.1, 0.15) is 23.7 Å². The molecule has 0 saturated heterocycles. The Bertz CT molecular complexity index is 1210. The maximum Gasteiger partial charge on any atom is 0.241 e. The molecule has 0 spiro atoms. The molecular formula is C22H16F2N4O2. The predicted molar refractivity (Wildman–Crippen MR) is 106 cm³/mol. The van der Waals surface area contributed by atoms with Crippen molar-refractivity contribution >= 4 is 11.8 Å². The van der Waals surface area contributed by atoms with E-state index in [9.17, 15) is 13.6 Å². The van der Waals surface area contributed by atoms with E-state index >= 15 is 0 Å². The molecule has 0 unspecified atom stereocenters. The molecule has 30 heavy (non-hydrogen) atoms. The number of carbonyl (C=O) groups excluding carboxylic acids is 1. The number of hydrogen-bond donors (Lipinski definition) is 1. The molecule has 0 radical (unpaired) electrons. The highest BCUT2D eigenvalue weighted by Gasteiger charge is 2.24. The Kier molecular flexibility index (Phi) is 5.30. The molecule has 6 nitrogen and oxygen atoms in total. The topological polar surface area (TPSA) is 80.9 Å². The van der Waals surface area contributed by atoms with Crippen LogP contribution in [-0.2, 0) is 11.2 Å². The second-order valence-electron chi connectivity index (χ2n) is 6.61. The van der Waals surface area contributed by atoms with E-state index in [2.05, 4.69) is 20.4 Å². The maximum atomic E-state index is 14.4. The fourth-order valence-electron chi connectivity index (χ4n) is 3.07. The highest BCUT2D eigenvalue weighted by Crippen LogP contribution is 2.37. The number of aryl methyl sites for hydroxylation is 1. The monoisotopic (exact) mass is 406 g/mol. The zero-order chi connectivity index (χ0) is 21.1. The summed E-state index contributed by atoms with van der Waals surface area (Å²) in [5, 5.41) is 6.60. The molecular weight excluding hydrogens is 390 g/mol. The number of nitrogens with zero attached hydrogens (tertiary/aromatic N) is 3. The van der Waals surface area contributed by atoms with Gasteiger partial charge in [0, 0.05) is 17.8 Å². The Hall–Kier alpha value is -3.94. The standard InChI is InChI=1S/C22H16F2N4O2/c1-13-4-2-3-5-14(13)10-19(29)27-22-20(18-8-9-25-12-26-18)21(28-30-22)16-7-6-15(23)11-17(16)24/h2-9,11-12H,10H2,1H3,(H,27,29). The van der Waals surface area contributed by atoms with E-state index in [0.29, 0.717) is 5.69 Å². The van der Waals surface area contributed by atoms with E-state index in [-0.39, 0.29) is 35.0 Å². The Balaban J connectivity index is 1.72. The van der Waals surface area contributed by atoms with Gasteiger partial charge in [-0.1, -0.05) is 29.4 Å². The fraction of sp³-hybridized carbons (Fsp3) is 0.0909. The van der Waals surface area contributed by atoms with Crippen molar-refractivity contribution < 1.29 is 18.1 Å². The van der Waals surface area contributed by atoms with Gasteiger partial charge < -0.3 is 4.52 Å². The van der Waals surface area contributed by atoms with Crippen molar-refractivity contribution in [2.24, 2.45) is 0 Å². The largest absolute Gasteiger partial charge is 0.337 e. The molecule has 150 valence electrons. The van der Waals surface area contributed by atoms with Crippen LogP contribution in [0.3, 0.4) is 0 Å². The van der Waals surface area contributed by atoms with Gasteiger partial charge in [0.05, 0.1) is 17.7 Å². The number of anilines is 1. The van der Waals surface area contributed by atoms with Crippen LogP contribution in [0.25, 0.3) is 22.5 Å². The van der Waals surface area contributed by atoms with E-state index < -0.39 is 11.6 Å². The minimum Gasteiger partial charge on any atom is -0.337 e. The molecule has 0 aliphatic rings. The minimum atomic E-state index is -0.809. The summed E-state index contributed by atoms with van der Waals surface area (Å²) in [5.74, 6) is -1.83. The number of benzene rings is 2. The lowest BCUT2D eigenvalue weighted by molar-refractivity contribution is -0.115. The van der Waals surface area contributed by atoms with Gasteiger partial charge in [0.2, 0.25) is 11.8 Å². The Labute approximate surface area is 170 Å². The van der Waals surface area contributed by atoms with Crippen LogP contribution in [0.15, 0.2) is 65.6 Å². The number of amides is 1. The molecule has 2 heterocycles. The summed E-state index contributed by atoms with van der Waals surface area (Å²) in [6, 6.07) is 12.2. The van der Waals surface area contributed by atoms with Crippen molar-refractivity contribution in [3.63, 3.8) is 0 Å². The van der Waals surface area contributed by atoms with Crippen LogP contribution in [0.4, 0.5) is 14.7 Å². The van der Waals surface area contributed by atoms with Crippen LogP contribution in [0.2, 0.25) is 0 Å². The van der Waals surface area contributed by atoms with Gasteiger partial charge in [-0.3, -0.25) is 10.1 Å². The molecule has 0 fully saturated rings. The van der Waals surface area contributed by atoms with E-state index in [1.165, 1.54) is 18.6 Å². The Morgan fingerprint density at radius 1 is 1.13 bits per heavy atom. The summed E-state index contributed by atoms with van der Waals surface area (Å²) < 4.78 is 33.1. The van der Waals surface area contributed by atoms with Crippen LogP contribution >= 0.6 is 0 Å². The lowest BCUT2D eigenvalue weighted by Crippen LogP contribution is -2.15. The SMILES string of the molecule is Cc1ccccc1CC(=O)Nc1onc(-c2ccc(F)cc2F)c1-c1ccncn1. The van der Waals surface area contributed by atoms with Crippen molar-refractivity contribution in [2.75, 3.05) is 5.32 Å². The number of halogens is 2. The summed E-state index contributed by atoms with van der Waals surface area (Å²) in [4.78, 5) is 20.7. The quantitative estimate of drug-likeness (QED) is 0.525. The minimum absolute atomic E-state index is 0.0195. The number of carbonyl (C=O) groups is 1. The molecule has 4 rings (SSSR count). The molecule has 1 N–H and O–H groups in total. The first kappa shape index (κ1) is 19.4. The summed E-state index contributed by atoms with van der Waals surface area (Å²) in [7, 11) is 0. The smallest absolute Gasteiger partial charge is 0.241 e. The van der Waals surface area contributed by atoms with Crippen LogP contribution in [0, 0.1) is 18.6 Å². The Morgan fingerprint density at radius 2 is 1.97 bits per heavy atom. The zero-order valence-electron chi connectivity index (χ0n) is 15.9. The van der Waals surface area contributed by atoms with Crippen molar-refractivity contribution in [1.82, 2.24) is 15.1 Å². The van der Waals surface area contributed by atoms with Crippen molar-refractivity contribution in [1.29, 1.82) is 0 Å². The summed E-state index contributed by atoms with van der Waals surface area (Å²) in [6.07, 6.45) is 2.93. The van der Waals surface area contributed by atoms with Gasteiger partial charge in [0.15, 0.2) is 0 Å². The van der Waals surface area contributed by atoms with Crippen LogP contribution < -0.4 is 5.32 Å². The first-order valence-corrected chi connectivity index (χ1v) is 9.09. The van der Waals surface area contributed by atoms with Crippen molar-refractivity contribution in [3.05, 3.63) is 83.8 Å². The first-order chi connectivity index (χ1) is 14.5. The molecule has 0 aliphatic carbocycles. The third-order valence-corrected chi connectivity index (χ3v) is 4.58. The summed E-state index contributed by atoms with van der Waals surface area (Å²) >= 11 is 0. The molecule has 4 aromatic rings. The van der Waals surface area contributed by atoms with Crippen molar-refractivity contribution in [2.45, 2.75) is 13.3 Å². The van der Waals surface area contributed by atoms with Crippen molar-refractivity contribution in [3.8, 4) is 22.5 Å². The molecule has 0 bridgehead atoms. The normalized spacial score (nSPS) is 10.8. The highest BCUT2D eigenvalue weighted by atomic mass is 19.1. The molecule has 0 aliphatic heterocycles. The average Bonchev–Trinajstić information content (AvgIpc) is 3.13. The van der Waals surface area contributed by atoms with Crippen LogP contribution in [0.1, 0.15) is 11.1 Å². The first-order valence-electron chi connectivity index (χ1n) is 9.09. The van der Waals surface area contributed by atoms with Crippen LogP contribution in [-0.4, -0.2) is 21.0 Å². The number of nitrogens with one attached hydrogen (secondary N) is 1. The molecule has 8 heteroatoms. The second kappa shape index (κ2) is 8.20. The van der Waals surface area contributed by atoms with E-state index in [1.807, 2.05) is 31.2 Å². The second-order valence-corrected chi connectivity index (χ2v) is 6.61. The zero-order valence-corrected chi connectivity index (χ0v) is 15.9. The third-order valence-electron chi connectivity index (χ3n) is 4.58. The number of hydrogen-bond acceptors (Lipinski definition) is 5. The molecule has 2 aromatic heterocycles. The summed E-state index contributed by atoms with van der Waals surface area (Å²) in [6.45, 7) is 1.92. The number of rotatable bonds is 5. The molecule has 2 aromatic carbocycles. The lowest BCUT2D eigenvalue weighted by Gasteiger charge is -2.07.